The number of amides is 2. The van der Waals surface area contributed by atoms with Crippen LogP contribution in [0, 0.1) is 6.92 Å². The summed E-state index contributed by atoms with van der Waals surface area (Å²) < 4.78 is 8.05. The molecule has 3 aromatic rings. The summed E-state index contributed by atoms with van der Waals surface area (Å²) in [6, 6.07) is 19.2. The number of aryl methyl sites for hydroxylation is 2. The minimum atomic E-state index is -0.217. The third-order valence-electron chi connectivity index (χ3n) is 6.89. The van der Waals surface area contributed by atoms with E-state index in [1.807, 2.05) is 74.4 Å². The van der Waals surface area contributed by atoms with Crippen molar-refractivity contribution in [2.24, 2.45) is 7.05 Å². The van der Waals surface area contributed by atoms with Crippen LogP contribution < -0.4 is 4.74 Å². The molecule has 0 saturated heterocycles. The minimum absolute atomic E-state index is 0.0424. The highest BCUT2D eigenvalue weighted by Crippen LogP contribution is 2.23. The Hall–Kier alpha value is -3.61. The molecular weight excluding hydrogens is 452 g/mol. The number of carbonyl (C=O) groups excluding carboxylic acids is 2. The molecule has 1 aliphatic heterocycles. The first-order valence-corrected chi connectivity index (χ1v) is 12.8. The molecule has 0 bridgehead atoms. The molecule has 190 valence electrons. The molecule has 1 aromatic heterocycles. The Morgan fingerprint density at radius 3 is 2.39 bits per heavy atom. The minimum Gasteiger partial charge on any atom is -0.491 e. The molecule has 0 radical (unpaired) electrons. The molecule has 2 amide bonds. The Kier molecular flexibility index (Phi) is 8.41. The van der Waals surface area contributed by atoms with Crippen molar-refractivity contribution in [2.75, 3.05) is 26.7 Å². The molecule has 0 unspecified atom stereocenters. The predicted octanol–water partition coefficient (Wildman–Crippen LogP) is 4.51. The van der Waals surface area contributed by atoms with Crippen LogP contribution in [0.5, 0.6) is 5.75 Å². The normalized spacial score (nSPS) is 17.8. The number of nitrogens with zero attached hydrogens (tertiary/aromatic N) is 4. The first kappa shape index (κ1) is 25.5. The van der Waals surface area contributed by atoms with E-state index in [0.29, 0.717) is 36.5 Å². The van der Waals surface area contributed by atoms with Crippen LogP contribution in [0.3, 0.4) is 0 Å². The van der Waals surface area contributed by atoms with E-state index in [9.17, 15) is 9.59 Å². The molecule has 36 heavy (non-hydrogen) atoms. The Balaban J connectivity index is 1.69. The van der Waals surface area contributed by atoms with Gasteiger partial charge in [0.15, 0.2) is 5.69 Å². The van der Waals surface area contributed by atoms with E-state index in [1.165, 1.54) is 0 Å². The second kappa shape index (κ2) is 11.9. The van der Waals surface area contributed by atoms with Gasteiger partial charge < -0.3 is 14.5 Å². The topological polar surface area (TPSA) is 67.7 Å². The van der Waals surface area contributed by atoms with Gasteiger partial charge in [-0.1, -0.05) is 55.3 Å². The monoisotopic (exact) mass is 488 g/mol. The van der Waals surface area contributed by atoms with E-state index in [1.54, 1.807) is 9.58 Å². The van der Waals surface area contributed by atoms with Crippen LogP contribution in [0.2, 0.25) is 0 Å². The van der Waals surface area contributed by atoms with Gasteiger partial charge in [0.2, 0.25) is 0 Å². The molecular formula is C29H36N4O3. The molecule has 1 aliphatic rings. The highest BCUT2D eigenvalue weighted by molar-refractivity contribution is 5.96. The van der Waals surface area contributed by atoms with Crippen LogP contribution in [0.1, 0.15) is 57.8 Å². The van der Waals surface area contributed by atoms with Crippen molar-refractivity contribution < 1.29 is 14.3 Å². The first-order valence-electron chi connectivity index (χ1n) is 12.8. The zero-order valence-corrected chi connectivity index (χ0v) is 21.5. The summed E-state index contributed by atoms with van der Waals surface area (Å²) in [6.07, 6.45) is 4.45. The summed E-state index contributed by atoms with van der Waals surface area (Å²) in [6.45, 7) is 3.55. The quantitative estimate of drug-likeness (QED) is 0.544. The van der Waals surface area contributed by atoms with E-state index in [-0.39, 0.29) is 24.5 Å². The van der Waals surface area contributed by atoms with Gasteiger partial charge in [-0.2, -0.15) is 5.10 Å². The van der Waals surface area contributed by atoms with Crippen molar-refractivity contribution in [3.8, 4) is 5.75 Å². The van der Waals surface area contributed by atoms with Gasteiger partial charge in [-0.3, -0.25) is 14.3 Å². The number of fused-ring (bicyclic) bond motifs is 1. The Morgan fingerprint density at radius 2 is 1.67 bits per heavy atom. The fraction of sp³-hybridized carbons (Fsp3) is 0.414. The zero-order chi connectivity index (χ0) is 25.5. The molecule has 0 fully saturated rings. The molecule has 7 nitrogen and oxygen atoms in total. The van der Waals surface area contributed by atoms with Gasteiger partial charge in [-0.25, -0.2) is 0 Å². The van der Waals surface area contributed by atoms with E-state index >= 15 is 0 Å². The van der Waals surface area contributed by atoms with Crippen molar-refractivity contribution in [1.82, 2.24) is 19.6 Å². The van der Waals surface area contributed by atoms with Crippen molar-refractivity contribution in [3.63, 3.8) is 0 Å². The smallest absolute Gasteiger partial charge is 0.274 e. The van der Waals surface area contributed by atoms with Crippen LogP contribution >= 0.6 is 0 Å². The lowest BCUT2D eigenvalue weighted by atomic mass is 10.0. The number of carbonyl (C=O) groups is 2. The molecule has 0 N–H and O–H groups in total. The fourth-order valence-electron chi connectivity index (χ4n) is 4.65. The second-order valence-corrected chi connectivity index (χ2v) is 9.58. The summed E-state index contributed by atoms with van der Waals surface area (Å²) in [7, 11) is 3.70. The lowest BCUT2D eigenvalue weighted by Crippen LogP contribution is -2.46. The Bertz CT molecular complexity index is 1150. The lowest BCUT2D eigenvalue weighted by molar-refractivity contribution is 0.0593. The highest BCUT2D eigenvalue weighted by atomic mass is 16.5. The van der Waals surface area contributed by atoms with Gasteiger partial charge in [0, 0.05) is 32.9 Å². The van der Waals surface area contributed by atoms with Crippen molar-refractivity contribution in [1.29, 1.82) is 0 Å². The number of benzene rings is 2. The van der Waals surface area contributed by atoms with E-state index < -0.39 is 0 Å². The zero-order valence-electron chi connectivity index (χ0n) is 21.5. The van der Waals surface area contributed by atoms with Crippen LogP contribution in [0.4, 0.5) is 0 Å². The lowest BCUT2D eigenvalue weighted by Gasteiger charge is -2.32. The first-order chi connectivity index (χ1) is 17.4. The van der Waals surface area contributed by atoms with Gasteiger partial charge >= 0.3 is 0 Å². The van der Waals surface area contributed by atoms with Gasteiger partial charge in [-0.15, -0.1) is 0 Å². The van der Waals surface area contributed by atoms with Crippen LogP contribution in [0.15, 0.2) is 60.7 Å². The second-order valence-electron chi connectivity index (χ2n) is 9.58. The maximum Gasteiger partial charge on any atom is 0.274 e. The number of ether oxygens (including phenoxy) is 1. The number of hydrogen-bond donors (Lipinski definition) is 0. The Labute approximate surface area is 213 Å². The van der Waals surface area contributed by atoms with E-state index in [2.05, 4.69) is 17.2 Å². The molecule has 0 spiro atoms. The molecule has 0 aliphatic carbocycles. The molecule has 1 atom stereocenters. The van der Waals surface area contributed by atoms with E-state index in [0.717, 1.165) is 36.9 Å². The van der Waals surface area contributed by atoms with Gasteiger partial charge in [0.1, 0.15) is 12.4 Å². The van der Waals surface area contributed by atoms with Gasteiger partial charge in [0.05, 0.1) is 11.6 Å². The maximum absolute atomic E-state index is 13.8. The molecule has 0 saturated carbocycles. The summed E-state index contributed by atoms with van der Waals surface area (Å²) in [5.41, 5.74) is 3.07. The van der Waals surface area contributed by atoms with Crippen molar-refractivity contribution >= 4 is 11.8 Å². The summed E-state index contributed by atoms with van der Waals surface area (Å²) >= 11 is 0. The molecule has 7 heteroatoms. The summed E-state index contributed by atoms with van der Waals surface area (Å²) in [5, 5.41) is 4.47. The molecule has 2 heterocycles. The SMILES string of the molecule is Cc1cc(C(=O)N2CCCCCCN(C)C(=O)c3ccccc3OC[C@@H]2Cc2ccccc2)nn1C. The largest absolute Gasteiger partial charge is 0.491 e. The standard InChI is InChI=1S/C29H36N4O3/c1-22-19-26(30-32(22)3)29(35)33-18-12-5-4-11-17-31(2)28(34)25-15-9-10-16-27(25)36-21-24(33)20-23-13-7-6-8-14-23/h6-10,13-16,19,24H,4-5,11-12,17-18,20-21H2,1-3H3/t24-/m0/s1. The third-order valence-corrected chi connectivity index (χ3v) is 6.89. The molecule has 2 aromatic carbocycles. The van der Waals surface area contributed by atoms with Crippen molar-refractivity contribution in [3.05, 3.63) is 83.2 Å². The average Bonchev–Trinajstić information content (AvgIpc) is 3.23. The third kappa shape index (κ3) is 6.14. The summed E-state index contributed by atoms with van der Waals surface area (Å²) in [4.78, 5) is 30.6. The fourth-order valence-corrected chi connectivity index (χ4v) is 4.65. The summed E-state index contributed by atoms with van der Waals surface area (Å²) in [5.74, 6) is 0.420. The van der Waals surface area contributed by atoms with E-state index in [4.69, 9.17) is 4.74 Å². The van der Waals surface area contributed by atoms with Crippen LogP contribution in [0.25, 0.3) is 0 Å². The highest BCUT2D eigenvalue weighted by Gasteiger charge is 2.28. The number of hydrogen-bond acceptors (Lipinski definition) is 4. The van der Waals surface area contributed by atoms with Crippen molar-refractivity contribution in [2.45, 2.75) is 45.1 Å². The van der Waals surface area contributed by atoms with Crippen LogP contribution in [-0.4, -0.2) is 64.2 Å². The Morgan fingerprint density at radius 1 is 0.972 bits per heavy atom. The maximum atomic E-state index is 13.8. The van der Waals surface area contributed by atoms with Gasteiger partial charge in [-0.05, 0) is 49.9 Å². The average molecular weight is 489 g/mol. The number of rotatable bonds is 3. The van der Waals surface area contributed by atoms with Gasteiger partial charge in [0.25, 0.3) is 11.8 Å². The molecule has 4 rings (SSSR count). The predicted molar refractivity (Wildman–Crippen MR) is 140 cm³/mol. The number of aromatic nitrogens is 2. The van der Waals surface area contributed by atoms with Crippen LogP contribution in [-0.2, 0) is 13.5 Å². The number of para-hydroxylation sites is 1.